The molecule has 1 aliphatic heterocycles. The Labute approximate surface area is 125 Å². The van der Waals surface area contributed by atoms with Crippen LogP contribution >= 0.6 is 0 Å². The van der Waals surface area contributed by atoms with Gasteiger partial charge in [-0.1, -0.05) is 0 Å². The van der Waals surface area contributed by atoms with Crippen LogP contribution in [-0.4, -0.2) is 40.7 Å². The summed E-state index contributed by atoms with van der Waals surface area (Å²) in [5, 5.41) is 12.3. The van der Waals surface area contributed by atoms with Crippen molar-refractivity contribution in [1.82, 2.24) is 10.3 Å². The van der Waals surface area contributed by atoms with Crippen molar-refractivity contribution in [1.29, 1.82) is 0 Å². The number of nitrogens with one attached hydrogen (secondary N) is 2. The standard InChI is InChI=1S/C15H15FN2O4/c16-10-1-2-11-9(5-10)6-12(17-11)14(21)18-15(7-13(19)20)3-4-22-8-15/h1-2,5-6,17H,3-4,7-8H2,(H,18,21)(H,19,20). The first-order chi connectivity index (χ1) is 10.5. The van der Waals surface area contributed by atoms with Crippen LogP contribution in [0.1, 0.15) is 23.3 Å². The second-order valence-electron chi connectivity index (χ2n) is 5.52. The van der Waals surface area contributed by atoms with Crippen molar-refractivity contribution in [2.45, 2.75) is 18.4 Å². The van der Waals surface area contributed by atoms with Crippen molar-refractivity contribution < 1.29 is 23.8 Å². The molecule has 1 atom stereocenters. The van der Waals surface area contributed by atoms with E-state index >= 15 is 0 Å². The minimum atomic E-state index is -0.996. The summed E-state index contributed by atoms with van der Waals surface area (Å²) in [6.07, 6.45) is 0.244. The van der Waals surface area contributed by atoms with Gasteiger partial charge in [0.15, 0.2) is 0 Å². The molecule has 2 heterocycles. The monoisotopic (exact) mass is 306 g/mol. The lowest BCUT2D eigenvalue weighted by Gasteiger charge is -2.26. The highest BCUT2D eigenvalue weighted by Gasteiger charge is 2.39. The molecule has 0 spiro atoms. The summed E-state index contributed by atoms with van der Waals surface area (Å²) >= 11 is 0. The maximum atomic E-state index is 13.2. The molecule has 1 aliphatic rings. The quantitative estimate of drug-likeness (QED) is 0.801. The molecule has 0 aliphatic carbocycles. The van der Waals surface area contributed by atoms with Gasteiger partial charge in [0, 0.05) is 17.5 Å². The Kier molecular flexibility index (Phi) is 3.58. The van der Waals surface area contributed by atoms with Crippen LogP contribution in [0.4, 0.5) is 4.39 Å². The molecule has 2 aromatic rings. The van der Waals surface area contributed by atoms with Gasteiger partial charge in [-0.05, 0) is 30.7 Å². The Balaban J connectivity index is 1.83. The third-order valence-electron chi connectivity index (χ3n) is 3.80. The van der Waals surface area contributed by atoms with Gasteiger partial charge >= 0.3 is 5.97 Å². The molecule has 1 unspecified atom stereocenters. The van der Waals surface area contributed by atoms with Gasteiger partial charge in [0.05, 0.1) is 18.6 Å². The van der Waals surface area contributed by atoms with Gasteiger partial charge in [-0.2, -0.15) is 0 Å². The molecule has 1 saturated heterocycles. The minimum Gasteiger partial charge on any atom is -0.481 e. The fourth-order valence-electron chi connectivity index (χ4n) is 2.71. The second-order valence-corrected chi connectivity index (χ2v) is 5.52. The normalized spacial score (nSPS) is 21.1. The molecule has 1 aromatic carbocycles. The first kappa shape index (κ1) is 14.5. The highest BCUT2D eigenvalue weighted by molar-refractivity contribution is 5.98. The largest absolute Gasteiger partial charge is 0.481 e. The van der Waals surface area contributed by atoms with Gasteiger partial charge < -0.3 is 20.1 Å². The molecule has 1 amide bonds. The number of carboxylic acid groups (broad SMARTS) is 1. The number of hydrogen-bond donors (Lipinski definition) is 3. The van der Waals surface area contributed by atoms with Gasteiger partial charge in [-0.15, -0.1) is 0 Å². The predicted molar refractivity (Wildman–Crippen MR) is 76.1 cm³/mol. The number of aliphatic carboxylic acids is 1. The third-order valence-corrected chi connectivity index (χ3v) is 3.80. The van der Waals surface area contributed by atoms with Crippen LogP contribution < -0.4 is 5.32 Å². The first-order valence-electron chi connectivity index (χ1n) is 6.88. The van der Waals surface area contributed by atoms with E-state index in [1.54, 1.807) is 6.07 Å². The fourth-order valence-corrected chi connectivity index (χ4v) is 2.71. The van der Waals surface area contributed by atoms with Gasteiger partial charge in [0.25, 0.3) is 5.91 Å². The van der Waals surface area contributed by atoms with E-state index in [9.17, 15) is 14.0 Å². The molecule has 116 valence electrons. The van der Waals surface area contributed by atoms with Crippen molar-refractivity contribution in [3.05, 3.63) is 35.8 Å². The number of benzene rings is 1. The summed E-state index contributed by atoms with van der Waals surface area (Å²) < 4.78 is 18.4. The van der Waals surface area contributed by atoms with Crippen LogP contribution in [0.3, 0.4) is 0 Å². The van der Waals surface area contributed by atoms with E-state index in [1.807, 2.05) is 0 Å². The van der Waals surface area contributed by atoms with Gasteiger partial charge in [0.2, 0.25) is 0 Å². The zero-order chi connectivity index (χ0) is 15.7. The Morgan fingerprint density at radius 3 is 2.91 bits per heavy atom. The second kappa shape index (κ2) is 5.42. The lowest BCUT2D eigenvalue weighted by atomic mass is 9.94. The van der Waals surface area contributed by atoms with Crippen molar-refractivity contribution in [3.8, 4) is 0 Å². The molecular weight excluding hydrogens is 291 g/mol. The zero-order valence-corrected chi connectivity index (χ0v) is 11.7. The molecule has 0 saturated carbocycles. The Hall–Kier alpha value is -2.41. The summed E-state index contributed by atoms with van der Waals surface area (Å²) in [5.41, 5.74) is 0.00428. The molecule has 6 nitrogen and oxygen atoms in total. The molecule has 0 radical (unpaired) electrons. The van der Waals surface area contributed by atoms with E-state index in [2.05, 4.69) is 10.3 Å². The average molecular weight is 306 g/mol. The number of carbonyl (C=O) groups is 2. The minimum absolute atomic E-state index is 0.167. The van der Waals surface area contributed by atoms with Crippen LogP contribution in [0.2, 0.25) is 0 Å². The number of fused-ring (bicyclic) bond motifs is 1. The van der Waals surface area contributed by atoms with E-state index in [0.29, 0.717) is 23.9 Å². The average Bonchev–Trinajstić information content (AvgIpc) is 3.04. The third kappa shape index (κ3) is 2.80. The Bertz CT molecular complexity index is 734. The van der Waals surface area contributed by atoms with Crippen LogP contribution in [0, 0.1) is 5.82 Å². The van der Waals surface area contributed by atoms with E-state index in [0.717, 1.165) is 0 Å². The predicted octanol–water partition coefficient (Wildman–Crippen LogP) is 1.67. The molecule has 7 heteroatoms. The smallest absolute Gasteiger partial charge is 0.305 e. The number of aromatic nitrogens is 1. The topological polar surface area (TPSA) is 91.4 Å². The Morgan fingerprint density at radius 1 is 1.41 bits per heavy atom. The fraction of sp³-hybridized carbons (Fsp3) is 0.333. The van der Waals surface area contributed by atoms with Crippen molar-refractivity contribution in [2.75, 3.05) is 13.2 Å². The highest BCUT2D eigenvalue weighted by atomic mass is 19.1. The van der Waals surface area contributed by atoms with Gasteiger partial charge in [-0.3, -0.25) is 9.59 Å². The van der Waals surface area contributed by atoms with Gasteiger partial charge in [0.1, 0.15) is 11.5 Å². The SMILES string of the molecule is O=C(O)CC1(NC(=O)c2cc3cc(F)ccc3[nH]2)CCOC1. The lowest BCUT2D eigenvalue weighted by Crippen LogP contribution is -2.50. The number of halogens is 1. The molecule has 1 fully saturated rings. The van der Waals surface area contributed by atoms with Gasteiger partial charge in [-0.25, -0.2) is 4.39 Å². The zero-order valence-electron chi connectivity index (χ0n) is 11.7. The number of H-pyrrole nitrogens is 1. The number of carboxylic acids is 1. The van der Waals surface area contributed by atoms with Crippen molar-refractivity contribution in [2.24, 2.45) is 0 Å². The number of rotatable bonds is 4. The number of hydrogen-bond acceptors (Lipinski definition) is 3. The van der Waals surface area contributed by atoms with E-state index < -0.39 is 17.4 Å². The lowest BCUT2D eigenvalue weighted by molar-refractivity contribution is -0.138. The summed E-state index contributed by atoms with van der Waals surface area (Å²) in [6, 6.07) is 5.72. The maximum Gasteiger partial charge on any atom is 0.305 e. The Morgan fingerprint density at radius 2 is 2.23 bits per heavy atom. The first-order valence-corrected chi connectivity index (χ1v) is 6.88. The number of carbonyl (C=O) groups excluding carboxylic acids is 1. The van der Waals surface area contributed by atoms with E-state index in [4.69, 9.17) is 9.84 Å². The number of amides is 1. The number of aromatic amines is 1. The van der Waals surface area contributed by atoms with E-state index in [-0.39, 0.29) is 24.5 Å². The van der Waals surface area contributed by atoms with E-state index in [1.165, 1.54) is 18.2 Å². The molecule has 3 rings (SSSR count). The summed E-state index contributed by atoms with van der Waals surface area (Å²) in [5.74, 6) is -1.81. The molecule has 22 heavy (non-hydrogen) atoms. The summed E-state index contributed by atoms with van der Waals surface area (Å²) in [7, 11) is 0. The molecule has 3 N–H and O–H groups in total. The number of ether oxygens (including phenoxy) is 1. The van der Waals surface area contributed by atoms with Crippen LogP contribution in [0.5, 0.6) is 0 Å². The van der Waals surface area contributed by atoms with Crippen LogP contribution in [-0.2, 0) is 9.53 Å². The summed E-state index contributed by atoms with van der Waals surface area (Å²) in [6.45, 7) is 0.575. The summed E-state index contributed by atoms with van der Waals surface area (Å²) in [4.78, 5) is 26.3. The molecule has 1 aromatic heterocycles. The van der Waals surface area contributed by atoms with Crippen LogP contribution in [0.25, 0.3) is 10.9 Å². The van der Waals surface area contributed by atoms with Crippen LogP contribution in [0.15, 0.2) is 24.3 Å². The maximum absolute atomic E-state index is 13.2. The highest BCUT2D eigenvalue weighted by Crippen LogP contribution is 2.24. The van der Waals surface area contributed by atoms with Crippen molar-refractivity contribution in [3.63, 3.8) is 0 Å². The molecular formula is C15H15FN2O4. The van der Waals surface area contributed by atoms with Crippen molar-refractivity contribution >= 4 is 22.8 Å². The molecule has 0 bridgehead atoms.